The van der Waals surface area contributed by atoms with E-state index in [2.05, 4.69) is 10.4 Å². The van der Waals surface area contributed by atoms with Crippen molar-refractivity contribution in [3.63, 3.8) is 0 Å². The third-order valence-corrected chi connectivity index (χ3v) is 5.69. The average molecular weight is 474 g/mol. The Hall–Kier alpha value is -3.76. The lowest BCUT2D eigenvalue weighted by atomic mass is 10.1. The van der Waals surface area contributed by atoms with Crippen LogP contribution >= 0.6 is 0 Å². The van der Waals surface area contributed by atoms with Gasteiger partial charge < -0.3 is 29.3 Å². The van der Waals surface area contributed by atoms with Gasteiger partial charge >= 0.3 is 6.09 Å². The van der Waals surface area contributed by atoms with E-state index in [-0.39, 0.29) is 17.9 Å². The summed E-state index contributed by atoms with van der Waals surface area (Å²) in [5, 5.41) is 7.27. The molecule has 0 aliphatic carbocycles. The van der Waals surface area contributed by atoms with Gasteiger partial charge in [0.15, 0.2) is 0 Å². The van der Waals surface area contributed by atoms with Gasteiger partial charge in [-0.05, 0) is 32.9 Å². The number of piperazine rings is 1. The maximum atomic E-state index is 13.0. The van der Waals surface area contributed by atoms with Gasteiger partial charge in [0.1, 0.15) is 17.5 Å². The predicted molar refractivity (Wildman–Crippen MR) is 124 cm³/mol. The van der Waals surface area contributed by atoms with Crippen molar-refractivity contribution >= 4 is 23.6 Å². The molecule has 0 saturated carbocycles. The monoisotopic (exact) mass is 473 g/mol. The van der Waals surface area contributed by atoms with Crippen LogP contribution in [0.15, 0.2) is 24.4 Å². The molecule has 34 heavy (non-hydrogen) atoms. The van der Waals surface area contributed by atoms with Gasteiger partial charge in [-0.25, -0.2) is 4.79 Å². The maximum absolute atomic E-state index is 13.0. The molecule has 1 atom stereocenters. The van der Waals surface area contributed by atoms with Crippen LogP contribution in [0.5, 0.6) is 11.5 Å². The Morgan fingerprint density at radius 1 is 1.09 bits per heavy atom. The molecule has 2 heterocycles. The van der Waals surface area contributed by atoms with Crippen molar-refractivity contribution < 1.29 is 28.6 Å². The lowest BCUT2D eigenvalue weighted by molar-refractivity contribution is -0.136. The Morgan fingerprint density at radius 3 is 2.38 bits per heavy atom. The predicted octanol–water partition coefficient (Wildman–Crippen LogP) is 2.32. The Kier molecular flexibility index (Phi) is 7.98. The van der Waals surface area contributed by atoms with Gasteiger partial charge in [-0.3, -0.25) is 14.3 Å². The first-order valence-electron chi connectivity index (χ1n) is 11.1. The first-order chi connectivity index (χ1) is 16.3. The molecule has 2 aromatic rings. The van der Waals surface area contributed by atoms with Crippen molar-refractivity contribution in [3.8, 4) is 11.5 Å². The molecule has 1 fully saturated rings. The van der Waals surface area contributed by atoms with Crippen molar-refractivity contribution in [2.24, 2.45) is 0 Å². The zero-order valence-electron chi connectivity index (χ0n) is 20.2. The molecule has 1 unspecified atom stereocenters. The summed E-state index contributed by atoms with van der Waals surface area (Å²) in [4.78, 5) is 41.0. The Balaban J connectivity index is 1.66. The molecular formula is C23H31N5O6. The highest BCUT2D eigenvalue weighted by molar-refractivity contribution is 6.06. The van der Waals surface area contributed by atoms with E-state index in [1.165, 1.54) is 18.9 Å². The molecule has 3 amide bonds. The fraction of sp³-hybridized carbons (Fsp3) is 0.478. The number of anilines is 1. The Labute approximate surface area is 198 Å². The fourth-order valence-corrected chi connectivity index (χ4v) is 3.68. The van der Waals surface area contributed by atoms with E-state index in [9.17, 15) is 14.4 Å². The second-order valence-corrected chi connectivity index (χ2v) is 7.82. The average Bonchev–Trinajstić information content (AvgIpc) is 3.22. The third-order valence-electron chi connectivity index (χ3n) is 5.69. The van der Waals surface area contributed by atoms with Crippen molar-refractivity contribution in [1.82, 2.24) is 19.6 Å². The van der Waals surface area contributed by atoms with Gasteiger partial charge in [0.25, 0.3) is 5.91 Å². The molecule has 11 nitrogen and oxygen atoms in total. The third kappa shape index (κ3) is 5.41. The number of hydrogen-bond donors (Lipinski definition) is 1. The number of amides is 3. The van der Waals surface area contributed by atoms with Crippen LogP contribution in [0.3, 0.4) is 0 Å². The van der Waals surface area contributed by atoms with Crippen LogP contribution in [0.25, 0.3) is 0 Å². The normalized spacial score (nSPS) is 14.4. The number of nitrogens with one attached hydrogen (secondary N) is 1. The number of carbonyl (C=O) groups excluding carboxylic acids is 3. The van der Waals surface area contributed by atoms with E-state index in [0.717, 1.165) is 0 Å². The number of benzene rings is 1. The van der Waals surface area contributed by atoms with E-state index < -0.39 is 6.04 Å². The van der Waals surface area contributed by atoms with Gasteiger partial charge in [0.05, 0.1) is 37.8 Å². The molecule has 3 rings (SSSR count). The van der Waals surface area contributed by atoms with E-state index >= 15 is 0 Å². The zero-order chi connectivity index (χ0) is 24.8. The van der Waals surface area contributed by atoms with Gasteiger partial charge in [0.2, 0.25) is 5.91 Å². The standard InChI is InChI=1S/C23H31N5O6/c1-6-34-23(31)27-11-9-26(10-12-27)22(30)16(3)28-14-19(15(2)25-28)24-21(29)18-8-7-17(32-4)13-20(18)33-5/h7-8,13-14,16H,6,9-12H2,1-5H3,(H,24,29). The molecule has 184 valence electrons. The number of aromatic nitrogens is 2. The minimum atomic E-state index is -0.575. The topological polar surface area (TPSA) is 115 Å². The summed E-state index contributed by atoms with van der Waals surface area (Å²) in [6.07, 6.45) is 1.28. The van der Waals surface area contributed by atoms with Crippen LogP contribution in [0.2, 0.25) is 0 Å². The van der Waals surface area contributed by atoms with Crippen LogP contribution in [0.4, 0.5) is 10.5 Å². The largest absolute Gasteiger partial charge is 0.497 e. The summed E-state index contributed by atoms with van der Waals surface area (Å²) in [6.45, 7) is 7.26. The number of nitrogens with zero attached hydrogens (tertiary/aromatic N) is 4. The molecule has 1 aromatic heterocycles. The van der Waals surface area contributed by atoms with Crippen molar-refractivity contribution in [2.75, 3.05) is 52.3 Å². The number of aryl methyl sites for hydroxylation is 1. The summed E-state index contributed by atoms with van der Waals surface area (Å²) in [5.41, 5.74) is 1.42. The summed E-state index contributed by atoms with van der Waals surface area (Å²) in [5.74, 6) is 0.483. The highest BCUT2D eigenvalue weighted by atomic mass is 16.6. The van der Waals surface area contributed by atoms with Crippen molar-refractivity contribution in [3.05, 3.63) is 35.7 Å². The van der Waals surface area contributed by atoms with Crippen LogP contribution < -0.4 is 14.8 Å². The van der Waals surface area contributed by atoms with E-state index in [4.69, 9.17) is 14.2 Å². The number of hydrogen-bond acceptors (Lipinski definition) is 7. The first-order valence-corrected chi connectivity index (χ1v) is 11.1. The number of ether oxygens (including phenoxy) is 3. The number of rotatable bonds is 7. The van der Waals surface area contributed by atoms with E-state index in [1.54, 1.807) is 55.0 Å². The van der Waals surface area contributed by atoms with E-state index in [0.29, 0.717) is 61.2 Å². The first kappa shape index (κ1) is 24.9. The molecule has 1 aliphatic heterocycles. The van der Waals surface area contributed by atoms with Gasteiger partial charge in [-0.1, -0.05) is 0 Å². The van der Waals surface area contributed by atoms with Crippen LogP contribution in [0.1, 0.15) is 35.9 Å². The molecule has 11 heteroatoms. The molecule has 1 N–H and O–H groups in total. The Morgan fingerprint density at radius 2 is 1.76 bits per heavy atom. The highest BCUT2D eigenvalue weighted by Crippen LogP contribution is 2.26. The highest BCUT2D eigenvalue weighted by Gasteiger charge is 2.29. The summed E-state index contributed by atoms with van der Waals surface area (Å²) in [6, 6.07) is 4.35. The molecule has 1 aromatic carbocycles. The van der Waals surface area contributed by atoms with Gasteiger partial charge in [-0.2, -0.15) is 5.10 Å². The van der Waals surface area contributed by atoms with Crippen molar-refractivity contribution in [1.29, 1.82) is 0 Å². The molecule has 0 radical (unpaired) electrons. The smallest absolute Gasteiger partial charge is 0.409 e. The fourth-order valence-electron chi connectivity index (χ4n) is 3.68. The van der Waals surface area contributed by atoms with Crippen LogP contribution in [0, 0.1) is 6.92 Å². The Bertz CT molecular complexity index is 1040. The molecule has 1 aliphatic rings. The van der Waals surface area contributed by atoms with Crippen LogP contribution in [-0.2, 0) is 9.53 Å². The minimum absolute atomic E-state index is 0.110. The van der Waals surface area contributed by atoms with Gasteiger partial charge in [-0.15, -0.1) is 0 Å². The summed E-state index contributed by atoms with van der Waals surface area (Å²) < 4.78 is 17.0. The summed E-state index contributed by atoms with van der Waals surface area (Å²) in [7, 11) is 3.02. The maximum Gasteiger partial charge on any atom is 0.409 e. The number of carbonyl (C=O) groups is 3. The number of methoxy groups -OCH3 is 2. The quantitative estimate of drug-likeness (QED) is 0.656. The van der Waals surface area contributed by atoms with Gasteiger partial charge in [0, 0.05) is 38.4 Å². The zero-order valence-corrected chi connectivity index (χ0v) is 20.2. The minimum Gasteiger partial charge on any atom is -0.497 e. The molecule has 1 saturated heterocycles. The molecule has 0 spiro atoms. The van der Waals surface area contributed by atoms with E-state index in [1.807, 2.05) is 0 Å². The lowest BCUT2D eigenvalue weighted by Crippen LogP contribution is -2.52. The second kappa shape index (κ2) is 10.9. The molecular weight excluding hydrogens is 442 g/mol. The van der Waals surface area contributed by atoms with Crippen LogP contribution in [-0.4, -0.2) is 84.5 Å². The second-order valence-electron chi connectivity index (χ2n) is 7.82. The molecule has 0 bridgehead atoms. The summed E-state index contributed by atoms with van der Waals surface area (Å²) >= 11 is 0. The SMILES string of the molecule is CCOC(=O)N1CCN(C(=O)C(C)n2cc(NC(=O)c3ccc(OC)cc3OC)c(C)n2)CC1. The lowest BCUT2D eigenvalue weighted by Gasteiger charge is -2.35. The van der Waals surface area contributed by atoms with Crippen molar-refractivity contribution in [2.45, 2.75) is 26.8 Å².